The van der Waals surface area contributed by atoms with Crippen molar-refractivity contribution in [2.24, 2.45) is 7.05 Å². The first-order valence-electron chi connectivity index (χ1n) is 8.00. The van der Waals surface area contributed by atoms with Crippen molar-refractivity contribution >= 4 is 0 Å². The van der Waals surface area contributed by atoms with E-state index in [0.29, 0.717) is 5.92 Å². The van der Waals surface area contributed by atoms with Crippen molar-refractivity contribution in [3.8, 4) is 5.75 Å². The van der Waals surface area contributed by atoms with Gasteiger partial charge in [-0.2, -0.15) is 5.10 Å². The molecule has 2 heterocycles. The topological polar surface area (TPSA) is 30.3 Å². The van der Waals surface area contributed by atoms with Crippen LogP contribution in [0.4, 0.5) is 0 Å². The van der Waals surface area contributed by atoms with Gasteiger partial charge in [-0.25, -0.2) is 0 Å². The minimum absolute atomic E-state index is 0.657. The molecule has 0 N–H and O–H groups in total. The number of rotatable bonds is 4. The van der Waals surface area contributed by atoms with Gasteiger partial charge in [0, 0.05) is 25.4 Å². The van der Waals surface area contributed by atoms with Crippen LogP contribution in [0.25, 0.3) is 0 Å². The summed E-state index contributed by atoms with van der Waals surface area (Å²) in [4.78, 5) is 2.53. The molecule has 1 aliphatic rings. The summed E-state index contributed by atoms with van der Waals surface area (Å²) in [5.74, 6) is 1.66. The monoisotopic (exact) mass is 299 g/mol. The highest BCUT2D eigenvalue weighted by Crippen LogP contribution is 2.29. The summed E-state index contributed by atoms with van der Waals surface area (Å²) in [6, 6.07) is 6.43. The number of hydrogen-bond acceptors (Lipinski definition) is 3. The van der Waals surface area contributed by atoms with Gasteiger partial charge >= 0.3 is 0 Å². The maximum atomic E-state index is 5.50. The third-order valence-electron chi connectivity index (χ3n) is 4.61. The lowest BCUT2D eigenvalue weighted by Gasteiger charge is -2.32. The van der Waals surface area contributed by atoms with Gasteiger partial charge < -0.3 is 4.74 Å². The molecule has 0 spiro atoms. The molecule has 0 bridgehead atoms. The molecule has 0 unspecified atom stereocenters. The number of methoxy groups -OCH3 is 1. The number of hydrogen-bond donors (Lipinski definition) is 0. The smallest absolute Gasteiger partial charge is 0.123 e. The molecule has 2 aromatic rings. The fraction of sp³-hybridized carbons (Fsp3) is 0.500. The van der Waals surface area contributed by atoms with Crippen molar-refractivity contribution in [1.29, 1.82) is 0 Å². The SMILES string of the molecule is COc1ccc(C)cc1CN1CCC(c2cnn(C)c2)CC1. The van der Waals surface area contributed by atoms with Gasteiger partial charge in [0.25, 0.3) is 0 Å². The van der Waals surface area contributed by atoms with Crippen LogP contribution in [0.2, 0.25) is 0 Å². The van der Waals surface area contributed by atoms with Gasteiger partial charge in [-0.1, -0.05) is 17.7 Å². The Morgan fingerprint density at radius 2 is 2.05 bits per heavy atom. The number of aromatic nitrogens is 2. The zero-order valence-corrected chi connectivity index (χ0v) is 13.7. The highest BCUT2D eigenvalue weighted by Gasteiger charge is 2.22. The number of benzene rings is 1. The minimum Gasteiger partial charge on any atom is -0.496 e. The van der Waals surface area contributed by atoms with E-state index in [0.717, 1.165) is 25.4 Å². The zero-order valence-electron chi connectivity index (χ0n) is 13.7. The Morgan fingerprint density at radius 3 is 2.68 bits per heavy atom. The third-order valence-corrected chi connectivity index (χ3v) is 4.61. The van der Waals surface area contributed by atoms with Gasteiger partial charge in [0.2, 0.25) is 0 Å². The van der Waals surface area contributed by atoms with Crippen LogP contribution in [0.5, 0.6) is 5.75 Å². The quantitative estimate of drug-likeness (QED) is 0.869. The van der Waals surface area contributed by atoms with Crippen molar-refractivity contribution < 1.29 is 4.74 Å². The van der Waals surface area contributed by atoms with Gasteiger partial charge in [-0.15, -0.1) is 0 Å². The molecule has 118 valence electrons. The second kappa shape index (κ2) is 6.53. The molecule has 0 radical (unpaired) electrons. The van der Waals surface area contributed by atoms with E-state index in [1.54, 1.807) is 7.11 Å². The fourth-order valence-electron chi connectivity index (χ4n) is 3.35. The van der Waals surface area contributed by atoms with E-state index in [2.05, 4.69) is 41.3 Å². The summed E-state index contributed by atoms with van der Waals surface area (Å²) < 4.78 is 7.40. The van der Waals surface area contributed by atoms with E-state index in [1.807, 2.05) is 17.9 Å². The molecule has 1 aromatic heterocycles. The molecular formula is C18H25N3O. The number of aryl methyl sites for hydroxylation is 2. The Kier molecular flexibility index (Phi) is 4.48. The largest absolute Gasteiger partial charge is 0.496 e. The molecular weight excluding hydrogens is 274 g/mol. The number of likely N-dealkylation sites (tertiary alicyclic amines) is 1. The molecule has 22 heavy (non-hydrogen) atoms. The van der Waals surface area contributed by atoms with Crippen LogP contribution < -0.4 is 4.74 Å². The Morgan fingerprint density at radius 1 is 1.27 bits per heavy atom. The number of ether oxygens (including phenoxy) is 1. The second-order valence-corrected chi connectivity index (χ2v) is 6.31. The lowest BCUT2D eigenvalue weighted by atomic mass is 9.91. The summed E-state index contributed by atoms with van der Waals surface area (Å²) in [5, 5.41) is 4.30. The zero-order chi connectivity index (χ0) is 15.5. The molecule has 1 saturated heterocycles. The summed E-state index contributed by atoms with van der Waals surface area (Å²) in [5.41, 5.74) is 3.97. The summed E-state index contributed by atoms with van der Waals surface area (Å²) in [6.45, 7) is 5.38. The molecule has 1 aromatic carbocycles. The summed E-state index contributed by atoms with van der Waals surface area (Å²) in [6.07, 6.45) is 6.59. The normalized spacial score (nSPS) is 16.9. The van der Waals surface area contributed by atoms with Crippen molar-refractivity contribution in [3.63, 3.8) is 0 Å². The molecule has 0 atom stereocenters. The van der Waals surface area contributed by atoms with Crippen LogP contribution >= 0.6 is 0 Å². The lowest BCUT2D eigenvalue weighted by molar-refractivity contribution is 0.202. The van der Waals surface area contributed by atoms with E-state index in [1.165, 1.54) is 29.5 Å². The summed E-state index contributed by atoms with van der Waals surface area (Å²) in [7, 11) is 3.74. The second-order valence-electron chi connectivity index (χ2n) is 6.31. The van der Waals surface area contributed by atoms with Crippen molar-refractivity contribution in [1.82, 2.24) is 14.7 Å². The van der Waals surface area contributed by atoms with E-state index >= 15 is 0 Å². The molecule has 4 heteroatoms. The maximum absolute atomic E-state index is 5.50. The van der Waals surface area contributed by atoms with Gasteiger partial charge in [-0.3, -0.25) is 9.58 Å². The standard InChI is InChI=1S/C18H25N3O/c1-14-4-5-18(22-3)16(10-14)13-21-8-6-15(7-9-21)17-11-19-20(2)12-17/h4-5,10-12,15H,6-9,13H2,1-3H3. The fourth-order valence-corrected chi connectivity index (χ4v) is 3.35. The van der Waals surface area contributed by atoms with E-state index in [9.17, 15) is 0 Å². The molecule has 0 aliphatic carbocycles. The Labute approximate surface area is 132 Å². The van der Waals surface area contributed by atoms with Crippen molar-refractivity contribution in [3.05, 3.63) is 47.3 Å². The predicted molar refractivity (Wildman–Crippen MR) is 88.2 cm³/mol. The van der Waals surface area contributed by atoms with Crippen LogP contribution in [0, 0.1) is 6.92 Å². The lowest BCUT2D eigenvalue weighted by Crippen LogP contribution is -2.32. The third kappa shape index (κ3) is 3.33. The van der Waals surface area contributed by atoms with Crippen molar-refractivity contribution in [2.75, 3.05) is 20.2 Å². The van der Waals surface area contributed by atoms with Crippen molar-refractivity contribution in [2.45, 2.75) is 32.2 Å². The minimum atomic E-state index is 0.657. The average Bonchev–Trinajstić information content (AvgIpc) is 2.95. The van der Waals surface area contributed by atoms with E-state index in [-0.39, 0.29) is 0 Å². The van der Waals surface area contributed by atoms with Gasteiger partial charge in [0.05, 0.1) is 13.3 Å². The highest BCUT2D eigenvalue weighted by atomic mass is 16.5. The van der Waals surface area contributed by atoms with Crippen LogP contribution in [-0.4, -0.2) is 34.9 Å². The highest BCUT2D eigenvalue weighted by molar-refractivity contribution is 5.36. The molecule has 1 fully saturated rings. The predicted octanol–water partition coefficient (Wildman–Crippen LogP) is 3.12. The van der Waals surface area contributed by atoms with Crippen LogP contribution in [0.1, 0.15) is 35.4 Å². The number of piperidine rings is 1. The molecule has 4 nitrogen and oxygen atoms in total. The first-order valence-corrected chi connectivity index (χ1v) is 8.00. The summed E-state index contributed by atoms with van der Waals surface area (Å²) >= 11 is 0. The first-order chi connectivity index (χ1) is 10.7. The first kappa shape index (κ1) is 15.1. The molecule has 3 rings (SSSR count). The Balaban J connectivity index is 1.61. The molecule has 1 aliphatic heterocycles. The molecule has 0 saturated carbocycles. The van der Waals surface area contributed by atoms with Gasteiger partial charge in [0.15, 0.2) is 0 Å². The van der Waals surface area contributed by atoms with Gasteiger partial charge in [0.1, 0.15) is 5.75 Å². The average molecular weight is 299 g/mol. The Hall–Kier alpha value is -1.81. The number of nitrogens with zero attached hydrogens (tertiary/aromatic N) is 3. The van der Waals surface area contributed by atoms with E-state index in [4.69, 9.17) is 4.74 Å². The maximum Gasteiger partial charge on any atom is 0.123 e. The van der Waals surface area contributed by atoms with Crippen LogP contribution in [-0.2, 0) is 13.6 Å². The Bertz CT molecular complexity index is 627. The van der Waals surface area contributed by atoms with Crippen LogP contribution in [0.15, 0.2) is 30.6 Å². The van der Waals surface area contributed by atoms with E-state index < -0.39 is 0 Å². The molecule has 0 amide bonds. The van der Waals surface area contributed by atoms with Crippen LogP contribution in [0.3, 0.4) is 0 Å². The van der Waals surface area contributed by atoms with Gasteiger partial charge in [-0.05, 0) is 50.4 Å².